The Morgan fingerprint density at radius 1 is 0.943 bits per heavy atom. The number of nitrogens with one attached hydrogen (secondary N) is 3. The third-order valence-electron chi connectivity index (χ3n) is 4.88. The van der Waals surface area contributed by atoms with E-state index >= 15 is 0 Å². The predicted molar refractivity (Wildman–Crippen MR) is 129 cm³/mol. The van der Waals surface area contributed by atoms with Crippen molar-refractivity contribution < 1.29 is 27.5 Å². The normalized spacial score (nSPS) is 11.2. The lowest BCUT2D eigenvalue weighted by Gasteiger charge is -2.15. The van der Waals surface area contributed by atoms with Gasteiger partial charge in [0.05, 0.1) is 23.3 Å². The molecule has 0 aliphatic carbocycles. The van der Waals surface area contributed by atoms with Crippen molar-refractivity contribution in [3.05, 3.63) is 70.7 Å². The SMILES string of the molecule is CC(=O)Nc1c(C)sc(C(F)(F)F)c1NC(=O)Nc1ccc(Oc2cccnc2)c2ccccc12. The molecule has 35 heavy (non-hydrogen) atoms. The van der Waals surface area contributed by atoms with Gasteiger partial charge in [-0.1, -0.05) is 24.3 Å². The topological polar surface area (TPSA) is 92.4 Å². The molecular weight excluding hydrogens is 481 g/mol. The molecule has 0 atom stereocenters. The first-order valence-electron chi connectivity index (χ1n) is 10.3. The van der Waals surface area contributed by atoms with E-state index in [0.717, 1.165) is 0 Å². The standard InChI is InChI=1S/C24H19F3N4O3S/c1-13-20(29-14(2)32)21(22(35-13)24(25,26)27)31-23(33)30-18-9-10-19(17-8-4-3-7-16(17)18)34-15-6-5-11-28-12-15/h3-12H,1-2H3,(H,29,32)(H2,30,31,33). The summed E-state index contributed by atoms with van der Waals surface area (Å²) in [6, 6.07) is 12.9. The fourth-order valence-corrected chi connectivity index (χ4v) is 4.39. The molecule has 0 spiro atoms. The number of rotatable bonds is 5. The number of ether oxygens (including phenoxy) is 1. The van der Waals surface area contributed by atoms with Crippen LogP contribution in [0.5, 0.6) is 11.5 Å². The van der Waals surface area contributed by atoms with E-state index in [4.69, 9.17) is 4.74 Å². The number of fused-ring (bicyclic) bond motifs is 1. The number of carbonyl (C=O) groups excluding carboxylic acids is 2. The monoisotopic (exact) mass is 500 g/mol. The molecule has 3 N–H and O–H groups in total. The summed E-state index contributed by atoms with van der Waals surface area (Å²) in [5.74, 6) is 0.479. The summed E-state index contributed by atoms with van der Waals surface area (Å²) in [6.45, 7) is 2.61. The van der Waals surface area contributed by atoms with Crippen LogP contribution in [0, 0.1) is 6.92 Å². The van der Waals surface area contributed by atoms with E-state index in [-0.39, 0.29) is 10.6 Å². The number of hydrogen-bond acceptors (Lipinski definition) is 5. The lowest BCUT2D eigenvalue weighted by molar-refractivity contribution is -0.133. The molecule has 7 nitrogen and oxygen atoms in total. The van der Waals surface area contributed by atoms with Gasteiger partial charge in [-0.2, -0.15) is 13.2 Å². The number of aromatic nitrogens is 1. The van der Waals surface area contributed by atoms with Gasteiger partial charge in [-0.25, -0.2) is 4.79 Å². The number of hydrogen-bond donors (Lipinski definition) is 3. The number of anilines is 3. The Bertz CT molecular complexity index is 1400. The third kappa shape index (κ3) is 5.35. The number of nitrogens with zero attached hydrogens (tertiary/aromatic N) is 1. The number of benzene rings is 2. The highest BCUT2D eigenvalue weighted by atomic mass is 32.1. The molecule has 2 aromatic carbocycles. The second-order valence-electron chi connectivity index (χ2n) is 7.44. The van der Waals surface area contributed by atoms with Crippen LogP contribution in [0.1, 0.15) is 16.7 Å². The maximum atomic E-state index is 13.6. The molecule has 2 aromatic heterocycles. The van der Waals surface area contributed by atoms with Gasteiger partial charge in [0.1, 0.15) is 16.4 Å². The summed E-state index contributed by atoms with van der Waals surface area (Å²) in [5, 5.41) is 8.53. The Balaban J connectivity index is 1.64. The van der Waals surface area contributed by atoms with Gasteiger partial charge in [0.15, 0.2) is 0 Å². The fourth-order valence-electron chi connectivity index (χ4n) is 3.46. The van der Waals surface area contributed by atoms with E-state index < -0.39 is 28.7 Å². The second-order valence-corrected chi connectivity index (χ2v) is 8.67. The van der Waals surface area contributed by atoms with Crippen LogP contribution in [-0.2, 0) is 11.0 Å². The molecule has 0 unspecified atom stereocenters. The van der Waals surface area contributed by atoms with Crippen molar-refractivity contribution in [2.45, 2.75) is 20.0 Å². The first kappa shape index (κ1) is 24.0. The summed E-state index contributed by atoms with van der Waals surface area (Å²) < 4.78 is 46.7. The Labute approximate surface area is 201 Å². The van der Waals surface area contributed by atoms with Crippen LogP contribution in [0.4, 0.5) is 35.0 Å². The van der Waals surface area contributed by atoms with Crippen LogP contribution >= 0.6 is 11.3 Å². The van der Waals surface area contributed by atoms with E-state index in [1.807, 2.05) is 0 Å². The van der Waals surface area contributed by atoms with Gasteiger partial charge in [0, 0.05) is 28.8 Å². The minimum atomic E-state index is -4.72. The Morgan fingerprint density at radius 3 is 2.34 bits per heavy atom. The zero-order valence-corrected chi connectivity index (χ0v) is 19.3. The van der Waals surface area contributed by atoms with Crippen LogP contribution in [-0.4, -0.2) is 16.9 Å². The number of urea groups is 1. The van der Waals surface area contributed by atoms with E-state index in [0.29, 0.717) is 39.3 Å². The molecule has 0 bridgehead atoms. The average Bonchev–Trinajstić information content (AvgIpc) is 3.11. The van der Waals surface area contributed by atoms with Gasteiger partial charge in [-0.3, -0.25) is 9.78 Å². The molecule has 2 heterocycles. The van der Waals surface area contributed by atoms with Crippen molar-refractivity contribution in [2.24, 2.45) is 0 Å². The molecule has 0 saturated carbocycles. The first-order valence-corrected chi connectivity index (χ1v) is 11.1. The van der Waals surface area contributed by atoms with E-state index in [1.54, 1.807) is 60.9 Å². The number of carbonyl (C=O) groups is 2. The van der Waals surface area contributed by atoms with E-state index in [1.165, 1.54) is 13.8 Å². The molecule has 180 valence electrons. The third-order valence-corrected chi connectivity index (χ3v) is 6.03. The highest BCUT2D eigenvalue weighted by molar-refractivity contribution is 7.13. The second kappa shape index (κ2) is 9.63. The van der Waals surface area contributed by atoms with Crippen LogP contribution in [0.2, 0.25) is 0 Å². The number of pyridine rings is 1. The number of thiophene rings is 1. The van der Waals surface area contributed by atoms with Crippen molar-refractivity contribution in [3.8, 4) is 11.5 Å². The van der Waals surface area contributed by atoms with Gasteiger partial charge in [-0.15, -0.1) is 11.3 Å². The van der Waals surface area contributed by atoms with Gasteiger partial charge < -0.3 is 20.7 Å². The van der Waals surface area contributed by atoms with Gasteiger partial charge >= 0.3 is 12.2 Å². The zero-order chi connectivity index (χ0) is 25.2. The molecule has 0 radical (unpaired) electrons. The van der Waals surface area contributed by atoms with E-state index in [9.17, 15) is 22.8 Å². The van der Waals surface area contributed by atoms with Crippen LogP contribution in [0.25, 0.3) is 10.8 Å². The summed E-state index contributed by atoms with van der Waals surface area (Å²) in [6.07, 6.45) is -1.54. The van der Waals surface area contributed by atoms with Crippen LogP contribution in [0.3, 0.4) is 0 Å². The Kier molecular flexibility index (Phi) is 6.61. The molecule has 4 rings (SSSR count). The average molecular weight is 501 g/mol. The molecule has 4 aromatic rings. The molecule has 3 amide bonds. The van der Waals surface area contributed by atoms with Crippen LogP contribution < -0.4 is 20.7 Å². The van der Waals surface area contributed by atoms with Crippen LogP contribution in [0.15, 0.2) is 60.9 Å². The Hall–Kier alpha value is -4.12. The number of amides is 3. The maximum absolute atomic E-state index is 13.6. The first-order chi connectivity index (χ1) is 16.6. The molecular formula is C24H19F3N4O3S. The summed E-state index contributed by atoms with van der Waals surface area (Å²) in [4.78, 5) is 27.5. The number of halogens is 3. The minimum absolute atomic E-state index is 0.0879. The molecule has 0 saturated heterocycles. The van der Waals surface area contributed by atoms with Crippen molar-refractivity contribution in [1.29, 1.82) is 0 Å². The summed E-state index contributed by atoms with van der Waals surface area (Å²) in [5.41, 5.74) is -0.234. The number of aryl methyl sites for hydroxylation is 1. The van der Waals surface area contributed by atoms with E-state index in [2.05, 4.69) is 20.9 Å². The summed E-state index contributed by atoms with van der Waals surface area (Å²) >= 11 is 0.440. The van der Waals surface area contributed by atoms with Gasteiger partial charge in [0.2, 0.25) is 5.91 Å². The molecule has 11 heteroatoms. The van der Waals surface area contributed by atoms with Crippen molar-refractivity contribution >= 4 is 51.1 Å². The lowest BCUT2D eigenvalue weighted by atomic mass is 10.1. The van der Waals surface area contributed by atoms with Crippen molar-refractivity contribution in [1.82, 2.24) is 4.98 Å². The number of alkyl halides is 3. The lowest BCUT2D eigenvalue weighted by Crippen LogP contribution is -2.22. The highest BCUT2D eigenvalue weighted by Crippen LogP contribution is 2.46. The van der Waals surface area contributed by atoms with Crippen molar-refractivity contribution in [3.63, 3.8) is 0 Å². The summed E-state index contributed by atoms with van der Waals surface area (Å²) in [7, 11) is 0. The Morgan fingerprint density at radius 2 is 1.69 bits per heavy atom. The minimum Gasteiger partial charge on any atom is -0.455 e. The molecule has 0 fully saturated rings. The fraction of sp³-hybridized carbons (Fsp3) is 0.125. The predicted octanol–water partition coefficient (Wildman–Crippen LogP) is 7.02. The molecule has 0 aliphatic rings. The largest absolute Gasteiger partial charge is 0.455 e. The van der Waals surface area contributed by atoms with Gasteiger partial charge in [0.25, 0.3) is 0 Å². The smallest absolute Gasteiger partial charge is 0.427 e. The quantitative estimate of drug-likeness (QED) is 0.275. The highest BCUT2D eigenvalue weighted by Gasteiger charge is 2.38. The zero-order valence-electron chi connectivity index (χ0n) is 18.5. The van der Waals surface area contributed by atoms with Gasteiger partial charge in [-0.05, 0) is 31.2 Å². The maximum Gasteiger partial charge on any atom is 0.427 e. The van der Waals surface area contributed by atoms with Crippen molar-refractivity contribution in [2.75, 3.05) is 16.0 Å². The molecule has 0 aliphatic heterocycles.